The van der Waals surface area contributed by atoms with Crippen molar-refractivity contribution in [1.29, 1.82) is 0 Å². The Hall–Kier alpha value is -3.97. The van der Waals surface area contributed by atoms with Gasteiger partial charge >= 0.3 is 18.0 Å². The fourth-order valence-corrected chi connectivity index (χ4v) is 3.83. The standard InChI is InChI=1S/C27H37N3O10/c1-5-10-36-12-14-38-25(31)22-17-29(18-40-27(33)28-4)19(3)23(26(32)39-15-13-37-11-6-2)24(22)20-8-7-9-21(16-20)30(34)35/h7-9,16-17,24H,5-6,10-15,18H2,1-4H3,(H,28,33). The molecule has 1 aliphatic rings. The number of carbonyl (C=O) groups is 3. The molecular weight excluding hydrogens is 526 g/mol. The molecular formula is C27H37N3O10. The Morgan fingerprint density at radius 1 is 0.950 bits per heavy atom. The monoisotopic (exact) mass is 563 g/mol. The van der Waals surface area contributed by atoms with Crippen molar-refractivity contribution in [2.45, 2.75) is 39.5 Å². The van der Waals surface area contributed by atoms with Crippen LogP contribution in [-0.4, -0.2) is 81.3 Å². The second kappa shape index (κ2) is 16.9. The maximum atomic E-state index is 13.5. The Morgan fingerprint density at radius 3 is 2.15 bits per heavy atom. The summed E-state index contributed by atoms with van der Waals surface area (Å²) in [5, 5.41) is 13.8. The predicted molar refractivity (Wildman–Crippen MR) is 143 cm³/mol. The number of ether oxygens (including phenoxy) is 5. The summed E-state index contributed by atoms with van der Waals surface area (Å²) >= 11 is 0. The van der Waals surface area contributed by atoms with Crippen LogP contribution in [0, 0.1) is 10.1 Å². The average molecular weight is 564 g/mol. The highest BCUT2D eigenvalue weighted by atomic mass is 16.6. The first-order valence-electron chi connectivity index (χ1n) is 13.0. The van der Waals surface area contributed by atoms with E-state index in [0.29, 0.717) is 24.5 Å². The van der Waals surface area contributed by atoms with Crippen LogP contribution in [0.2, 0.25) is 0 Å². The van der Waals surface area contributed by atoms with Crippen molar-refractivity contribution >= 4 is 23.7 Å². The fraction of sp³-hybridized carbons (Fsp3) is 0.519. The third kappa shape index (κ3) is 9.35. The highest BCUT2D eigenvalue weighted by Crippen LogP contribution is 2.40. The molecule has 2 rings (SSSR count). The van der Waals surface area contributed by atoms with Crippen LogP contribution in [0.15, 0.2) is 47.3 Å². The summed E-state index contributed by atoms with van der Waals surface area (Å²) in [4.78, 5) is 50.9. The van der Waals surface area contributed by atoms with Crippen molar-refractivity contribution < 1.29 is 43.0 Å². The van der Waals surface area contributed by atoms with E-state index in [1.807, 2.05) is 13.8 Å². The van der Waals surface area contributed by atoms with Crippen LogP contribution >= 0.6 is 0 Å². The zero-order chi connectivity index (χ0) is 29.5. The van der Waals surface area contributed by atoms with Gasteiger partial charge in [0.1, 0.15) is 13.2 Å². The van der Waals surface area contributed by atoms with E-state index in [9.17, 15) is 24.5 Å². The first-order chi connectivity index (χ1) is 19.2. The van der Waals surface area contributed by atoms with Gasteiger partial charge in [0.05, 0.1) is 35.2 Å². The van der Waals surface area contributed by atoms with Gasteiger partial charge in [-0.15, -0.1) is 0 Å². The first-order valence-corrected chi connectivity index (χ1v) is 13.0. The first kappa shape index (κ1) is 32.2. The van der Waals surface area contributed by atoms with E-state index in [1.54, 1.807) is 13.0 Å². The number of carbonyl (C=O) groups excluding carboxylic acids is 3. The van der Waals surface area contributed by atoms with Gasteiger partial charge in [-0.1, -0.05) is 26.0 Å². The van der Waals surface area contributed by atoms with Gasteiger partial charge < -0.3 is 33.9 Å². The third-order valence-electron chi connectivity index (χ3n) is 5.74. The van der Waals surface area contributed by atoms with Crippen LogP contribution in [0.4, 0.5) is 10.5 Å². The van der Waals surface area contributed by atoms with Gasteiger partial charge in [-0.25, -0.2) is 14.4 Å². The highest BCUT2D eigenvalue weighted by molar-refractivity contribution is 5.99. The number of hydrogen-bond acceptors (Lipinski definition) is 11. The van der Waals surface area contributed by atoms with Crippen molar-refractivity contribution in [3.8, 4) is 0 Å². The molecule has 0 spiro atoms. The van der Waals surface area contributed by atoms with Crippen LogP contribution in [0.5, 0.6) is 0 Å². The molecule has 0 fully saturated rings. The Bertz CT molecular complexity index is 1100. The molecule has 1 heterocycles. The summed E-state index contributed by atoms with van der Waals surface area (Å²) in [6, 6.07) is 5.64. The van der Waals surface area contributed by atoms with Crippen molar-refractivity contribution in [3.05, 3.63) is 63.0 Å². The van der Waals surface area contributed by atoms with E-state index in [4.69, 9.17) is 23.7 Å². The van der Waals surface area contributed by atoms with Crippen LogP contribution in [0.1, 0.15) is 45.1 Å². The van der Waals surface area contributed by atoms with Crippen LogP contribution < -0.4 is 5.32 Å². The molecule has 1 N–H and O–H groups in total. The number of amides is 1. The number of nitro groups is 1. The van der Waals surface area contributed by atoms with Gasteiger partial charge in [-0.3, -0.25) is 10.1 Å². The van der Waals surface area contributed by atoms with E-state index in [2.05, 4.69) is 5.32 Å². The van der Waals surface area contributed by atoms with E-state index >= 15 is 0 Å². The largest absolute Gasteiger partial charge is 0.460 e. The summed E-state index contributed by atoms with van der Waals surface area (Å²) in [5.74, 6) is -2.60. The molecule has 1 aliphatic heterocycles. The lowest BCUT2D eigenvalue weighted by atomic mass is 9.81. The molecule has 0 radical (unpaired) electrons. The van der Waals surface area contributed by atoms with Crippen molar-refractivity contribution in [2.24, 2.45) is 0 Å². The van der Waals surface area contributed by atoms with Crippen molar-refractivity contribution in [1.82, 2.24) is 10.2 Å². The van der Waals surface area contributed by atoms with E-state index in [0.717, 1.165) is 12.8 Å². The maximum Gasteiger partial charge on any atom is 0.408 e. The van der Waals surface area contributed by atoms with Gasteiger partial charge in [-0.05, 0) is 25.3 Å². The lowest BCUT2D eigenvalue weighted by molar-refractivity contribution is -0.384. The number of esters is 2. The molecule has 1 amide bonds. The molecule has 220 valence electrons. The molecule has 0 saturated carbocycles. The summed E-state index contributed by atoms with van der Waals surface area (Å²) in [7, 11) is 1.39. The molecule has 13 nitrogen and oxygen atoms in total. The number of benzene rings is 1. The normalized spacial score (nSPS) is 14.8. The lowest BCUT2D eigenvalue weighted by Crippen LogP contribution is -2.35. The van der Waals surface area contributed by atoms with Crippen LogP contribution in [0.25, 0.3) is 0 Å². The molecule has 1 unspecified atom stereocenters. The minimum Gasteiger partial charge on any atom is -0.460 e. The molecule has 0 aromatic heterocycles. The Balaban J connectivity index is 2.52. The number of allylic oxidation sites excluding steroid dienone is 1. The highest BCUT2D eigenvalue weighted by Gasteiger charge is 2.39. The molecule has 0 saturated heterocycles. The summed E-state index contributed by atoms with van der Waals surface area (Å²) in [5.41, 5.74) is 0.439. The van der Waals surface area contributed by atoms with E-state index in [1.165, 1.54) is 36.3 Å². The lowest BCUT2D eigenvalue weighted by Gasteiger charge is -2.33. The molecule has 0 aliphatic carbocycles. The van der Waals surface area contributed by atoms with Gasteiger partial charge in [0, 0.05) is 44.3 Å². The molecule has 40 heavy (non-hydrogen) atoms. The number of non-ortho nitro benzene ring substituents is 1. The summed E-state index contributed by atoms with van der Waals surface area (Å²) in [6.07, 6.45) is 2.27. The summed E-state index contributed by atoms with van der Waals surface area (Å²) < 4.78 is 26.8. The van der Waals surface area contributed by atoms with Gasteiger partial charge in [0.15, 0.2) is 6.73 Å². The quantitative estimate of drug-likeness (QED) is 0.103. The zero-order valence-corrected chi connectivity index (χ0v) is 23.3. The molecule has 1 aromatic rings. The number of nitrogens with zero attached hydrogens (tertiary/aromatic N) is 2. The number of alkyl carbamates (subject to hydrolysis) is 1. The number of rotatable bonds is 16. The fourth-order valence-electron chi connectivity index (χ4n) is 3.83. The van der Waals surface area contributed by atoms with E-state index in [-0.39, 0.29) is 50.0 Å². The second-order valence-electron chi connectivity index (χ2n) is 8.65. The third-order valence-corrected chi connectivity index (χ3v) is 5.74. The zero-order valence-electron chi connectivity index (χ0n) is 23.3. The number of hydrogen-bond donors (Lipinski definition) is 1. The van der Waals surface area contributed by atoms with Crippen LogP contribution in [0.3, 0.4) is 0 Å². The topological polar surface area (TPSA) is 156 Å². The smallest absolute Gasteiger partial charge is 0.408 e. The SMILES string of the molecule is CCCOCCOC(=O)C1=CN(COC(=O)NC)C(C)=C(C(=O)OCCOCCC)C1c1cccc([N+](=O)[O-])c1. The summed E-state index contributed by atoms with van der Waals surface area (Å²) in [6.45, 7) is 6.39. The number of nitro benzene ring substituents is 1. The van der Waals surface area contributed by atoms with Gasteiger partial charge in [0.25, 0.3) is 5.69 Å². The molecule has 1 aromatic carbocycles. The van der Waals surface area contributed by atoms with Crippen molar-refractivity contribution in [2.75, 3.05) is 53.4 Å². The minimum atomic E-state index is -1.07. The van der Waals surface area contributed by atoms with E-state index < -0.39 is 28.9 Å². The van der Waals surface area contributed by atoms with Crippen LogP contribution in [-0.2, 0) is 33.3 Å². The molecule has 13 heteroatoms. The second-order valence-corrected chi connectivity index (χ2v) is 8.65. The van der Waals surface area contributed by atoms with Crippen molar-refractivity contribution in [3.63, 3.8) is 0 Å². The Kier molecular flexibility index (Phi) is 13.6. The average Bonchev–Trinajstić information content (AvgIpc) is 2.95. The maximum absolute atomic E-state index is 13.5. The number of nitrogens with one attached hydrogen (secondary N) is 1. The van der Waals surface area contributed by atoms with Gasteiger partial charge in [-0.2, -0.15) is 0 Å². The Morgan fingerprint density at radius 2 is 1.57 bits per heavy atom. The predicted octanol–water partition coefficient (Wildman–Crippen LogP) is 3.41. The molecule has 1 atom stereocenters. The minimum absolute atomic E-state index is 0.00345. The van der Waals surface area contributed by atoms with Gasteiger partial charge in [0.2, 0.25) is 0 Å². The molecule has 0 bridgehead atoms. The Labute approximate surface area is 233 Å².